The van der Waals surface area contributed by atoms with Gasteiger partial charge in [-0.15, -0.1) is 0 Å². The Balaban J connectivity index is 1.90. The fourth-order valence-electron chi connectivity index (χ4n) is 2.54. The van der Waals surface area contributed by atoms with E-state index in [1.54, 1.807) is 6.07 Å². The van der Waals surface area contributed by atoms with Gasteiger partial charge in [0.1, 0.15) is 5.82 Å². The molecular weight excluding hydrogens is 241 g/mol. The monoisotopic (exact) mass is 265 g/mol. The lowest BCUT2D eigenvalue weighted by Crippen LogP contribution is -2.37. The summed E-state index contributed by atoms with van der Waals surface area (Å²) in [4.78, 5) is 4.58. The maximum Gasteiger partial charge on any atom is 0.146 e. The second-order valence-corrected chi connectivity index (χ2v) is 4.98. The van der Waals surface area contributed by atoms with Gasteiger partial charge in [-0.25, -0.2) is 4.39 Å². The van der Waals surface area contributed by atoms with Crippen molar-refractivity contribution in [1.82, 2.24) is 10.2 Å². The molecule has 0 atom stereocenters. The van der Waals surface area contributed by atoms with Gasteiger partial charge in [-0.3, -0.25) is 0 Å². The van der Waals surface area contributed by atoms with E-state index in [9.17, 15) is 4.39 Å². The lowest BCUT2D eigenvalue weighted by molar-refractivity contribution is 0.298. The van der Waals surface area contributed by atoms with Crippen molar-refractivity contribution in [2.24, 2.45) is 0 Å². The van der Waals surface area contributed by atoms with Gasteiger partial charge >= 0.3 is 0 Å². The molecule has 0 aliphatic carbocycles. The van der Waals surface area contributed by atoms with Crippen LogP contribution in [-0.4, -0.2) is 50.7 Å². The first-order valence-corrected chi connectivity index (χ1v) is 7.24. The molecule has 0 spiro atoms. The van der Waals surface area contributed by atoms with E-state index in [1.165, 1.54) is 12.5 Å². The molecule has 1 fully saturated rings. The molecule has 0 unspecified atom stereocenters. The minimum absolute atomic E-state index is 0.123. The predicted molar refractivity (Wildman–Crippen MR) is 78.2 cm³/mol. The molecule has 1 heterocycles. The molecule has 3 nitrogen and oxygen atoms in total. The predicted octanol–water partition coefficient (Wildman–Crippen LogP) is 1.95. The Morgan fingerprint density at radius 2 is 2.11 bits per heavy atom. The molecule has 1 saturated heterocycles. The van der Waals surface area contributed by atoms with Gasteiger partial charge in [0.05, 0.1) is 5.69 Å². The van der Waals surface area contributed by atoms with Gasteiger partial charge < -0.3 is 15.1 Å². The highest BCUT2D eigenvalue weighted by Gasteiger charge is 2.12. The van der Waals surface area contributed by atoms with Crippen molar-refractivity contribution in [3.8, 4) is 0 Å². The second-order valence-electron chi connectivity index (χ2n) is 4.98. The lowest BCUT2D eigenvalue weighted by atomic mass is 10.2. The van der Waals surface area contributed by atoms with E-state index >= 15 is 0 Å². The Morgan fingerprint density at radius 3 is 2.89 bits per heavy atom. The molecule has 0 amide bonds. The molecule has 106 valence electrons. The summed E-state index contributed by atoms with van der Waals surface area (Å²) >= 11 is 0. The molecular formula is C15H24FN3. The molecule has 4 heteroatoms. The lowest BCUT2D eigenvalue weighted by Gasteiger charge is -2.27. The molecule has 1 aromatic carbocycles. The van der Waals surface area contributed by atoms with Crippen LogP contribution in [0.15, 0.2) is 24.3 Å². The molecule has 1 aliphatic rings. The Hall–Kier alpha value is -1.13. The highest BCUT2D eigenvalue weighted by Crippen LogP contribution is 2.18. The normalized spacial score (nSPS) is 17.2. The van der Waals surface area contributed by atoms with Crippen LogP contribution in [-0.2, 0) is 0 Å². The number of benzene rings is 1. The molecule has 0 bridgehead atoms. The fraction of sp³-hybridized carbons (Fsp3) is 0.600. The fourth-order valence-corrected chi connectivity index (χ4v) is 2.54. The summed E-state index contributed by atoms with van der Waals surface area (Å²) in [5, 5.41) is 3.40. The van der Waals surface area contributed by atoms with E-state index in [-0.39, 0.29) is 5.82 Å². The first-order valence-electron chi connectivity index (χ1n) is 7.24. The number of rotatable bonds is 5. The van der Waals surface area contributed by atoms with Gasteiger partial charge in [0.15, 0.2) is 0 Å². The van der Waals surface area contributed by atoms with Crippen LogP contribution < -0.4 is 10.2 Å². The zero-order valence-electron chi connectivity index (χ0n) is 11.7. The molecule has 1 N–H and O–H groups in total. The zero-order valence-corrected chi connectivity index (χ0v) is 11.7. The van der Waals surface area contributed by atoms with Crippen LogP contribution in [0, 0.1) is 5.82 Å². The van der Waals surface area contributed by atoms with E-state index in [1.807, 2.05) is 12.1 Å². The van der Waals surface area contributed by atoms with E-state index in [2.05, 4.69) is 22.0 Å². The number of likely N-dealkylation sites (N-methyl/N-ethyl adjacent to an activating group) is 1. The third-order valence-corrected chi connectivity index (χ3v) is 3.69. The van der Waals surface area contributed by atoms with Crippen LogP contribution >= 0.6 is 0 Å². The quantitative estimate of drug-likeness (QED) is 0.878. The maximum atomic E-state index is 13.8. The first-order chi connectivity index (χ1) is 9.31. The topological polar surface area (TPSA) is 18.5 Å². The van der Waals surface area contributed by atoms with E-state index in [0.717, 1.165) is 51.5 Å². The van der Waals surface area contributed by atoms with Crippen molar-refractivity contribution in [1.29, 1.82) is 0 Å². The van der Waals surface area contributed by atoms with E-state index in [4.69, 9.17) is 0 Å². The van der Waals surface area contributed by atoms with Crippen LogP contribution in [0.2, 0.25) is 0 Å². The Morgan fingerprint density at radius 1 is 1.26 bits per heavy atom. The summed E-state index contributed by atoms with van der Waals surface area (Å²) < 4.78 is 13.8. The third kappa shape index (κ3) is 4.18. The van der Waals surface area contributed by atoms with Crippen molar-refractivity contribution in [3.63, 3.8) is 0 Å². The van der Waals surface area contributed by atoms with Crippen LogP contribution in [0.25, 0.3) is 0 Å². The maximum absolute atomic E-state index is 13.8. The number of hydrogen-bond donors (Lipinski definition) is 1. The average Bonchev–Trinajstić information content (AvgIpc) is 2.70. The van der Waals surface area contributed by atoms with Crippen molar-refractivity contribution >= 4 is 5.69 Å². The van der Waals surface area contributed by atoms with Crippen molar-refractivity contribution in [3.05, 3.63) is 30.1 Å². The van der Waals surface area contributed by atoms with Crippen LogP contribution in [0.4, 0.5) is 10.1 Å². The van der Waals surface area contributed by atoms with Crippen LogP contribution in [0.5, 0.6) is 0 Å². The van der Waals surface area contributed by atoms with Gasteiger partial charge in [0, 0.05) is 32.7 Å². The Kier molecular flexibility index (Phi) is 5.61. The van der Waals surface area contributed by atoms with E-state index in [0.29, 0.717) is 0 Å². The molecule has 0 aromatic heterocycles. The van der Waals surface area contributed by atoms with Gasteiger partial charge in [-0.1, -0.05) is 12.1 Å². The Bertz CT molecular complexity index is 375. The number of para-hydroxylation sites is 1. The SMILES string of the molecule is CCN(CCN1CCCNCC1)c1ccccc1F. The third-order valence-electron chi connectivity index (χ3n) is 3.69. The van der Waals surface area contributed by atoms with E-state index < -0.39 is 0 Å². The second kappa shape index (κ2) is 7.46. The van der Waals surface area contributed by atoms with Crippen molar-refractivity contribution < 1.29 is 4.39 Å². The van der Waals surface area contributed by atoms with Crippen molar-refractivity contribution in [2.75, 3.05) is 50.7 Å². The number of hydrogen-bond acceptors (Lipinski definition) is 3. The summed E-state index contributed by atoms with van der Waals surface area (Å²) in [7, 11) is 0. The van der Waals surface area contributed by atoms with Crippen molar-refractivity contribution in [2.45, 2.75) is 13.3 Å². The van der Waals surface area contributed by atoms with Crippen LogP contribution in [0.3, 0.4) is 0 Å². The Labute approximate surface area is 115 Å². The highest BCUT2D eigenvalue weighted by molar-refractivity contribution is 5.47. The average molecular weight is 265 g/mol. The molecule has 1 aliphatic heterocycles. The van der Waals surface area contributed by atoms with Crippen LogP contribution in [0.1, 0.15) is 13.3 Å². The molecule has 1 aromatic rings. The standard InChI is InChI=1S/C15H24FN3/c1-2-19(15-7-4-3-6-14(15)16)13-12-18-10-5-8-17-9-11-18/h3-4,6-7,17H,2,5,8-13H2,1H3. The summed E-state index contributed by atoms with van der Waals surface area (Å²) in [6.45, 7) is 9.22. The number of halogens is 1. The summed E-state index contributed by atoms with van der Waals surface area (Å²) in [5.41, 5.74) is 0.720. The van der Waals surface area contributed by atoms with Gasteiger partial charge in [0.2, 0.25) is 0 Å². The zero-order chi connectivity index (χ0) is 13.5. The number of anilines is 1. The summed E-state index contributed by atoms with van der Waals surface area (Å²) in [6, 6.07) is 7.04. The smallest absolute Gasteiger partial charge is 0.146 e. The molecule has 0 radical (unpaired) electrons. The van der Waals surface area contributed by atoms with Gasteiger partial charge in [-0.05, 0) is 38.6 Å². The molecule has 19 heavy (non-hydrogen) atoms. The molecule has 2 rings (SSSR count). The minimum Gasteiger partial charge on any atom is -0.368 e. The number of nitrogens with one attached hydrogen (secondary N) is 1. The minimum atomic E-state index is -0.123. The summed E-state index contributed by atoms with van der Waals surface area (Å²) in [5.74, 6) is -0.123. The number of nitrogens with zero attached hydrogens (tertiary/aromatic N) is 2. The first kappa shape index (κ1) is 14.3. The summed E-state index contributed by atoms with van der Waals surface area (Å²) in [6.07, 6.45) is 1.20. The highest BCUT2D eigenvalue weighted by atomic mass is 19.1. The van der Waals surface area contributed by atoms with Gasteiger partial charge in [0.25, 0.3) is 0 Å². The van der Waals surface area contributed by atoms with Gasteiger partial charge in [-0.2, -0.15) is 0 Å². The largest absolute Gasteiger partial charge is 0.368 e. The molecule has 0 saturated carbocycles.